The number of benzene rings is 3. The second-order valence-corrected chi connectivity index (χ2v) is 8.63. The molecule has 0 spiro atoms. The molecule has 3 rings (SSSR count). The molecule has 8 heteroatoms. The van der Waals surface area contributed by atoms with Gasteiger partial charge in [-0.2, -0.15) is 5.10 Å². The first-order valence-corrected chi connectivity index (χ1v) is 11.0. The molecule has 0 aliphatic heterocycles. The number of methoxy groups -OCH3 is 1. The van der Waals surface area contributed by atoms with Gasteiger partial charge in [-0.1, -0.05) is 47.0 Å². The molecule has 31 heavy (non-hydrogen) atoms. The summed E-state index contributed by atoms with van der Waals surface area (Å²) in [6, 6.07) is 16.2. The molecule has 0 fully saturated rings. The maximum Gasteiger partial charge on any atom is 0.271 e. The number of carbonyl (C=O) groups excluding carboxylic acids is 1. The van der Waals surface area contributed by atoms with E-state index in [1.807, 2.05) is 31.2 Å². The van der Waals surface area contributed by atoms with Crippen LogP contribution in [-0.4, -0.2) is 19.2 Å². The Morgan fingerprint density at radius 1 is 1.13 bits per heavy atom. The van der Waals surface area contributed by atoms with Gasteiger partial charge < -0.3 is 9.47 Å². The second kappa shape index (κ2) is 10.8. The number of amides is 1. The fourth-order valence-electron chi connectivity index (χ4n) is 2.68. The summed E-state index contributed by atoms with van der Waals surface area (Å²) in [5, 5.41) is 5.15. The number of hydrazone groups is 1. The number of nitrogens with zero attached hydrogens (tertiary/aromatic N) is 1. The molecule has 1 amide bonds. The van der Waals surface area contributed by atoms with Gasteiger partial charge in [0, 0.05) is 21.2 Å². The lowest BCUT2D eigenvalue weighted by atomic mass is 10.1. The van der Waals surface area contributed by atoms with E-state index in [-0.39, 0.29) is 12.5 Å². The quantitative estimate of drug-likeness (QED) is 0.208. The summed E-state index contributed by atoms with van der Waals surface area (Å²) in [5.41, 5.74) is 5.72. The third-order valence-electron chi connectivity index (χ3n) is 4.33. The van der Waals surface area contributed by atoms with Crippen molar-refractivity contribution < 1.29 is 14.3 Å². The smallest absolute Gasteiger partial charge is 0.271 e. The Balaban J connectivity index is 1.70. The highest BCUT2D eigenvalue weighted by Crippen LogP contribution is 2.34. The predicted molar refractivity (Wildman–Crippen MR) is 133 cm³/mol. The van der Waals surface area contributed by atoms with Crippen LogP contribution in [0.4, 0.5) is 0 Å². The Labute approximate surface area is 204 Å². The summed E-state index contributed by atoms with van der Waals surface area (Å²) in [4.78, 5) is 12.2. The van der Waals surface area contributed by atoms with Gasteiger partial charge in [0.2, 0.25) is 0 Å². The van der Waals surface area contributed by atoms with Gasteiger partial charge in [0.15, 0.2) is 11.5 Å². The van der Waals surface area contributed by atoms with Crippen molar-refractivity contribution >= 4 is 57.9 Å². The largest absolute Gasteiger partial charge is 0.493 e. The fraction of sp³-hybridized carbons (Fsp3) is 0.130. The Morgan fingerprint density at radius 3 is 2.55 bits per heavy atom. The maximum absolute atomic E-state index is 12.2. The number of ether oxygens (including phenoxy) is 2. The van der Waals surface area contributed by atoms with E-state index in [0.717, 1.165) is 20.3 Å². The molecule has 3 aromatic rings. The zero-order valence-electron chi connectivity index (χ0n) is 16.8. The molecule has 0 aromatic heterocycles. The second-order valence-electron chi connectivity index (χ2n) is 6.62. The van der Waals surface area contributed by atoms with Crippen LogP contribution in [0.1, 0.15) is 27.0 Å². The number of carbonyl (C=O) groups is 1. The number of hydrogen-bond acceptors (Lipinski definition) is 4. The monoisotopic (exact) mass is 568 g/mol. The minimum Gasteiger partial charge on any atom is -0.493 e. The van der Waals surface area contributed by atoms with Crippen molar-refractivity contribution in [2.45, 2.75) is 13.5 Å². The number of hydrogen-bond donors (Lipinski definition) is 1. The average Bonchev–Trinajstić information content (AvgIpc) is 2.74. The number of rotatable bonds is 7. The zero-order chi connectivity index (χ0) is 22.4. The zero-order valence-corrected chi connectivity index (χ0v) is 20.5. The molecular weight excluding hydrogens is 550 g/mol. The van der Waals surface area contributed by atoms with Crippen LogP contribution in [0.25, 0.3) is 0 Å². The van der Waals surface area contributed by atoms with Crippen LogP contribution in [-0.2, 0) is 6.61 Å². The fourth-order valence-corrected chi connectivity index (χ4v) is 3.92. The molecule has 0 aliphatic rings. The minimum atomic E-state index is -0.280. The normalized spacial score (nSPS) is 10.9. The summed E-state index contributed by atoms with van der Waals surface area (Å²) in [6.07, 6.45) is 1.55. The Hall–Kier alpha value is -2.29. The lowest BCUT2D eigenvalue weighted by Crippen LogP contribution is -2.17. The first-order chi connectivity index (χ1) is 14.9. The van der Waals surface area contributed by atoms with Crippen molar-refractivity contribution in [2.24, 2.45) is 5.10 Å². The van der Waals surface area contributed by atoms with Crippen LogP contribution in [0.2, 0.25) is 10.0 Å². The molecule has 5 nitrogen and oxygen atoms in total. The summed E-state index contributed by atoms with van der Waals surface area (Å²) in [5.74, 6) is 0.857. The molecule has 160 valence electrons. The number of aryl methyl sites for hydroxylation is 1. The van der Waals surface area contributed by atoms with E-state index in [4.69, 9.17) is 32.7 Å². The molecular formula is C23H19Cl2IN2O3. The minimum absolute atomic E-state index is 0.266. The molecule has 0 unspecified atom stereocenters. The number of halogens is 3. The first kappa shape index (κ1) is 23.4. The van der Waals surface area contributed by atoms with E-state index >= 15 is 0 Å². The van der Waals surface area contributed by atoms with Gasteiger partial charge in [-0.05, 0) is 71.5 Å². The SMILES string of the molecule is COc1cc(/C=N\NC(=O)c2ccc(C)cc2)cc(I)c1OCc1ccc(Cl)cc1Cl. The summed E-state index contributed by atoms with van der Waals surface area (Å²) >= 11 is 14.3. The molecule has 0 radical (unpaired) electrons. The van der Waals surface area contributed by atoms with E-state index in [9.17, 15) is 4.79 Å². The Morgan fingerprint density at radius 2 is 1.87 bits per heavy atom. The topological polar surface area (TPSA) is 59.9 Å². The van der Waals surface area contributed by atoms with Crippen LogP contribution < -0.4 is 14.9 Å². The third kappa shape index (κ3) is 6.35. The maximum atomic E-state index is 12.2. The van der Waals surface area contributed by atoms with Crippen LogP contribution in [0.3, 0.4) is 0 Å². The van der Waals surface area contributed by atoms with Crippen molar-refractivity contribution in [3.8, 4) is 11.5 Å². The van der Waals surface area contributed by atoms with Crippen molar-refractivity contribution in [2.75, 3.05) is 7.11 Å². The molecule has 3 aromatic carbocycles. The number of nitrogens with one attached hydrogen (secondary N) is 1. The van der Waals surface area contributed by atoms with Gasteiger partial charge in [-0.3, -0.25) is 4.79 Å². The summed E-state index contributed by atoms with van der Waals surface area (Å²) in [6.45, 7) is 2.23. The van der Waals surface area contributed by atoms with Crippen molar-refractivity contribution in [1.29, 1.82) is 0 Å². The summed E-state index contributed by atoms with van der Waals surface area (Å²) < 4.78 is 12.3. The molecule has 0 heterocycles. The van der Waals surface area contributed by atoms with Crippen LogP contribution in [0, 0.1) is 10.5 Å². The molecule has 0 bridgehead atoms. The van der Waals surface area contributed by atoms with Gasteiger partial charge in [0.05, 0.1) is 16.9 Å². The van der Waals surface area contributed by atoms with Gasteiger partial charge in [-0.15, -0.1) is 0 Å². The van der Waals surface area contributed by atoms with Crippen LogP contribution >= 0.6 is 45.8 Å². The van der Waals surface area contributed by atoms with Crippen molar-refractivity contribution in [3.05, 3.63) is 90.5 Å². The molecule has 0 aliphatic carbocycles. The van der Waals surface area contributed by atoms with E-state index in [1.165, 1.54) is 0 Å². The molecule has 0 atom stereocenters. The van der Waals surface area contributed by atoms with E-state index in [1.54, 1.807) is 43.7 Å². The van der Waals surface area contributed by atoms with E-state index in [0.29, 0.717) is 27.1 Å². The van der Waals surface area contributed by atoms with Gasteiger partial charge >= 0.3 is 0 Å². The Kier molecular flexibility index (Phi) is 8.17. The predicted octanol–water partition coefficient (Wildman–Crippen LogP) is 6.26. The van der Waals surface area contributed by atoms with Crippen molar-refractivity contribution in [3.63, 3.8) is 0 Å². The third-order valence-corrected chi connectivity index (χ3v) is 5.72. The molecule has 0 saturated carbocycles. The highest BCUT2D eigenvalue weighted by Gasteiger charge is 2.13. The van der Waals surface area contributed by atoms with Gasteiger partial charge in [0.25, 0.3) is 5.91 Å². The standard InChI is InChI=1S/C23H19Cl2IN2O3/c1-14-3-5-16(6-4-14)23(29)28-27-12-15-9-20(26)22(21(10-15)30-2)31-13-17-7-8-18(24)11-19(17)25/h3-12H,13H2,1-2H3,(H,28,29)/b27-12-. The summed E-state index contributed by atoms with van der Waals surface area (Å²) in [7, 11) is 1.56. The molecule has 1 N–H and O–H groups in total. The van der Waals surface area contributed by atoms with Gasteiger partial charge in [0.1, 0.15) is 6.61 Å². The average molecular weight is 569 g/mol. The van der Waals surface area contributed by atoms with Crippen LogP contribution in [0.15, 0.2) is 59.7 Å². The van der Waals surface area contributed by atoms with E-state index in [2.05, 4.69) is 33.1 Å². The highest BCUT2D eigenvalue weighted by atomic mass is 127. The lowest BCUT2D eigenvalue weighted by molar-refractivity contribution is 0.0955. The first-order valence-electron chi connectivity index (χ1n) is 9.21. The highest BCUT2D eigenvalue weighted by molar-refractivity contribution is 14.1. The molecule has 0 saturated heterocycles. The van der Waals surface area contributed by atoms with Gasteiger partial charge in [-0.25, -0.2) is 5.43 Å². The lowest BCUT2D eigenvalue weighted by Gasteiger charge is -2.14. The van der Waals surface area contributed by atoms with Crippen LogP contribution in [0.5, 0.6) is 11.5 Å². The van der Waals surface area contributed by atoms with Crippen molar-refractivity contribution in [1.82, 2.24) is 5.43 Å². The van der Waals surface area contributed by atoms with E-state index < -0.39 is 0 Å². The Bertz CT molecular complexity index is 1120.